The number of carboxylic acid groups (broad SMARTS) is 1. The Kier molecular flexibility index (Phi) is 4.21. The quantitative estimate of drug-likeness (QED) is 0.758. The molecule has 1 N–H and O–H groups in total. The Morgan fingerprint density at radius 1 is 1.44 bits per heavy atom. The number of rotatable bonds is 7. The lowest BCUT2D eigenvalue weighted by atomic mass is 10.2. The molecule has 7 nitrogen and oxygen atoms in total. The molecule has 0 radical (unpaired) electrons. The highest BCUT2D eigenvalue weighted by Gasteiger charge is 2.11. The van der Waals surface area contributed by atoms with Crippen LogP contribution in [0.25, 0.3) is 4.96 Å². The van der Waals surface area contributed by atoms with Crippen LogP contribution < -0.4 is 0 Å². The maximum absolute atomic E-state index is 10.4. The second kappa shape index (κ2) is 5.87. The van der Waals surface area contributed by atoms with Crippen molar-refractivity contribution in [2.45, 2.75) is 32.3 Å². The topological polar surface area (TPSA) is 89.6 Å². The average molecular weight is 270 g/mol. The van der Waals surface area contributed by atoms with Gasteiger partial charge in [-0.1, -0.05) is 11.3 Å². The Balaban J connectivity index is 1.95. The van der Waals surface area contributed by atoms with Crippen molar-refractivity contribution in [1.82, 2.24) is 19.8 Å². The van der Waals surface area contributed by atoms with Crippen LogP contribution in [0.2, 0.25) is 0 Å². The van der Waals surface area contributed by atoms with Crippen LogP contribution in [0, 0.1) is 0 Å². The fourth-order valence-electron chi connectivity index (χ4n) is 1.57. The van der Waals surface area contributed by atoms with Crippen molar-refractivity contribution in [3.8, 4) is 0 Å². The van der Waals surface area contributed by atoms with Crippen LogP contribution in [-0.2, 0) is 22.6 Å². The Bertz CT molecular complexity index is 536. The van der Waals surface area contributed by atoms with E-state index in [1.54, 1.807) is 11.6 Å². The highest BCUT2D eigenvalue weighted by atomic mass is 32.1. The summed E-state index contributed by atoms with van der Waals surface area (Å²) in [6.45, 7) is 0.378. The number of hydrogen-bond acceptors (Lipinski definition) is 6. The molecular weight excluding hydrogens is 256 g/mol. The van der Waals surface area contributed by atoms with Crippen LogP contribution >= 0.6 is 11.3 Å². The highest BCUT2D eigenvalue weighted by molar-refractivity contribution is 7.16. The van der Waals surface area contributed by atoms with E-state index in [1.807, 2.05) is 0 Å². The van der Waals surface area contributed by atoms with E-state index >= 15 is 0 Å². The third kappa shape index (κ3) is 3.02. The Morgan fingerprint density at radius 3 is 3.00 bits per heavy atom. The molecule has 2 aromatic rings. The van der Waals surface area contributed by atoms with Gasteiger partial charge in [0.1, 0.15) is 11.6 Å². The van der Waals surface area contributed by atoms with Crippen LogP contribution in [0.5, 0.6) is 0 Å². The van der Waals surface area contributed by atoms with Crippen molar-refractivity contribution in [1.29, 1.82) is 0 Å². The van der Waals surface area contributed by atoms with Gasteiger partial charge in [-0.05, 0) is 12.8 Å². The average Bonchev–Trinajstić information content (AvgIpc) is 2.87. The fraction of sp³-hybridized carbons (Fsp3) is 0.600. The largest absolute Gasteiger partial charge is 0.481 e. The zero-order valence-electron chi connectivity index (χ0n) is 10.00. The Hall–Kier alpha value is -1.54. The third-order valence-corrected chi connectivity index (χ3v) is 3.36. The summed E-state index contributed by atoms with van der Waals surface area (Å²) >= 11 is 1.48. The number of hydrogen-bond donors (Lipinski definition) is 1. The lowest BCUT2D eigenvalue weighted by molar-refractivity contribution is -0.137. The molecule has 2 heterocycles. The molecule has 0 bridgehead atoms. The van der Waals surface area contributed by atoms with Gasteiger partial charge in [0.05, 0.1) is 0 Å². The predicted octanol–water partition coefficient (Wildman–Crippen LogP) is 1.13. The number of carboxylic acids is 1. The SMILES string of the molecule is COCc1nnc2sc(CCCCC(=O)O)nn12. The maximum Gasteiger partial charge on any atom is 0.303 e. The van der Waals surface area contributed by atoms with Crippen LogP contribution in [0.15, 0.2) is 0 Å². The summed E-state index contributed by atoms with van der Waals surface area (Å²) in [5.74, 6) is -0.0731. The molecule has 0 spiro atoms. The number of nitrogens with zero attached hydrogens (tertiary/aromatic N) is 4. The van der Waals surface area contributed by atoms with Crippen molar-refractivity contribution in [2.75, 3.05) is 7.11 Å². The second-order valence-electron chi connectivity index (χ2n) is 3.84. The summed E-state index contributed by atoms with van der Waals surface area (Å²) in [6, 6.07) is 0. The van der Waals surface area contributed by atoms with Gasteiger partial charge in [0.2, 0.25) is 4.96 Å². The first kappa shape index (κ1) is 12.9. The smallest absolute Gasteiger partial charge is 0.303 e. The lowest BCUT2D eigenvalue weighted by Gasteiger charge is -1.95. The molecule has 2 aromatic heterocycles. The fourth-order valence-corrected chi connectivity index (χ4v) is 2.46. The van der Waals surface area contributed by atoms with E-state index in [9.17, 15) is 4.79 Å². The predicted molar refractivity (Wildman–Crippen MR) is 64.6 cm³/mol. The normalized spacial score (nSPS) is 11.2. The van der Waals surface area contributed by atoms with Crippen LogP contribution in [0.3, 0.4) is 0 Å². The van der Waals surface area contributed by atoms with Gasteiger partial charge < -0.3 is 9.84 Å². The molecule has 0 saturated carbocycles. The van der Waals surface area contributed by atoms with Crippen molar-refractivity contribution < 1.29 is 14.6 Å². The summed E-state index contributed by atoms with van der Waals surface area (Å²) in [5, 5.41) is 21.8. The van der Waals surface area contributed by atoms with Gasteiger partial charge in [-0.15, -0.1) is 10.2 Å². The molecule has 18 heavy (non-hydrogen) atoms. The third-order valence-electron chi connectivity index (χ3n) is 2.40. The van der Waals surface area contributed by atoms with E-state index in [0.717, 1.165) is 22.8 Å². The number of aromatic nitrogens is 4. The minimum Gasteiger partial charge on any atom is -0.481 e. The number of methoxy groups -OCH3 is 1. The summed E-state index contributed by atoms with van der Waals surface area (Å²) in [5.41, 5.74) is 0. The molecule has 0 atom stereocenters. The monoisotopic (exact) mass is 270 g/mol. The number of aliphatic carboxylic acids is 1. The van der Waals surface area contributed by atoms with Gasteiger partial charge in [-0.3, -0.25) is 4.79 Å². The zero-order chi connectivity index (χ0) is 13.0. The molecule has 98 valence electrons. The van der Waals surface area contributed by atoms with Gasteiger partial charge in [0.15, 0.2) is 5.82 Å². The van der Waals surface area contributed by atoms with Gasteiger partial charge >= 0.3 is 5.97 Å². The van der Waals surface area contributed by atoms with E-state index in [4.69, 9.17) is 9.84 Å². The molecule has 0 aliphatic carbocycles. The van der Waals surface area contributed by atoms with E-state index in [1.165, 1.54) is 11.3 Å². The molecule has 0 amide bonds. The van der Waals surface area contributed by atoms with Gasteiger partial charge in [-0.25, -0.2) is 0 Å². The lowest BCUT2D eigenvalue weighted by Crippen LogP contribution is -1.99. The summed E-state index contributed by atoms with van der Waals surface area (Å²) in [6.07, 6.45) is 2.46. The molecule has 0 aliphatic rings. The van der Waals surface area contributed by atoms with E-state index in [0.29, 0.717) is 18.9 Å². The molecule has 0 fully saturated rings. The number of carbonyl (C=O) groups is 1. The van der Waals surface area contributed by atoms with E-state index < -0.39 is 5.97 Å². The van der Waals surface area contributed by atoms with Crippen LogP contribution in [0.1, 0.15) is 30.1 Å². The molecule has 0 aromatic carbocycles. The minimum absolute atomic E-state index is 0.207. The number of ether oxygens (including phenoxy) is 1. The number of fused-ring (bicyclic) bond motifs is 1. The standard InChI is InChI=1S/C10H14N4O3S/c1-17-6-7-11-12-10-14(7)13-8(18-10)4-2-3-5-9(15)16/h2-6H2,1H3,(H,15,16). The molecule has 2 rings (SSSR count). The van der Waals surface area contributed by atoms with Crippen LogP contribution in [-0.4, -0.2) is 38.0 Å². The first-order chi connectivity index (χ1) is 8.70. The van der Waals surface area contributed by atoms with E-state index in [2.05, 4.69) is 15.3 Å². The van der Waals surface area contributed by atoms with Crippen molar-refractivity contribution in [3.63, 3.8) is 0 Å². The summed E-state index contributed by atoms with van der Waals surface area (Å²) < 4.78 is 6.69. The molecule has 0 unspecified atom stereocenters. The molecule has 0 aliphatic heterocycles. The first-order valence-electron chi connectivity index (χ1n) is 5.61. The highest BCUT2D eigenvalue weighted by Crippen LogP contribution is 2.16. The van der Waals surface area contributed by atoms with Crippen molar-refractivity contribution >= 4 is 22.3 Å². The summed E-state index contributed by atoms with van der Waals surface area (Å²) in [4.78, 5) is 11.1. The van der Waals surface area contributed by atoms with Gasteiger partial charge in [-0.2, -0.15) is 9.61 Å². The van der Waals surface area contributed by atoms with Crippen molar-refractivity contribution in [3.05, 3.63) is 10.8 Å². The zero-order valence-corrected chi connectivity index (χ0v) is 10.8. The van der Waals surface area contributed by atoms with E-state index in [-0.39, 0.29) is 6.42 Å². The Morgan fingerprint density at radius 2 is 2.28 bits per heavy atom. The minimum atomic E-state index is -0.754. The van der Waals surface area contributed by atoms with Crippen LogP contribution in [0.4, 0.5) is 0 Å². The second-order valence-corrected chi connectivity index (χ2v) is 4.88. The molecule has 0 saturated heterocycles. The maximum atomic E-state index is 10.4. The van der Waals surface area contributed by atoms with Gasteiger partial charge in [0, 0.05) is 20.0 Å². The summed E-state index contributed by atoms with van der Waals surface area (Å²) in [7, 11) is 1.60. The van der Waals surface area contributed by atoms with Crippen molar-refractivity contribution in [2.24, 2.45) is 0 Å². The Labute approximate surface area is 107 Å². The molecular formula is C10H14N4O3S. The first-order valence-corrected chi connectivity index (χ1v) is 6.43. The number of unbranched alkanes of at least 4 members (excludes halogenated alkanes) is 1. The van der Waals surface area contributed by atoms with Gasteiger partial charge in [0.25, 0.3) is 0 Å². The number of aryl methyl sites for hydroxylation is 1. The molecule has 8 heteroatoms.